The van der Waals surface area contributed by atoms with Gasteiger partial charge in [-0.25, -0.2) is 0 Å². The maximum atomic E-state index is 10.4. The highest BCUT2D eigenvalue weighted by Crippen LogP contribution is 2.41. The Kier molecular flexibility index (Phi) is 9.27. The van der Waals surface area contributed by atoms with Crippen LogP contribution in [0.5, 0.6) is 0 Å². The molecule has 6 atom stereocenters. The molecule has 1 spiro atoms. The highest BCUT2D eigenvalue weighted by atomic mass is 16.7. The molecule has 0 aromatic heterocycles. The third-order valence-electron chi connectivity index (χ3n) is 5.93. The van der Waals surface area contributed by atoms with Gasteiger partial charge in [0.05, 0.1) is 24.4 Å². The van der Waals surface area contributed by atoms with Crippen LogP contribution in [0.2, 0.25) is 0 Å². The third-order valence-corrected chi connectivity index (χ3v) is 5.93. The fourth-order valence-corrected chi connectivity index (χ4v) is 4.33. The molecule has 2 heterocycles. The molecule has 2 aliphatic heterocycles. The summed E-state index contributed by atoms with van der Waals surface area (Å²) in [5.74, 6) is -0.679. The molecule has 0 aliphatic carbocycles. The molecule has 0 radical (unpaired) electrons. The van der Waals surface area contributed by atoms with Gasteiger partial charge in [-0.15, -0.1) is 0 Å². The summed E-state index contributed by atoms with van der Waals surface area (Å²) < 4.78 is 12.7. The minimum atomic E-state index is -0.847. The average Bonchev–Trinajstić information content (AvgIpc) is 2.61. The molecule has 0 aromatic carbocycles. The van der Waals surface area contributed by atoms with Crippen LogP contribution in [0.3, 0.4) is 0 Å². The van der Waals surface area contributed by atoms with Gasteiger partial charge in [-0.05, 0) is 57.3 Å². The van der Waals surface area contributed by atoms with E-state index in [1.807, 2.05) is 6.92 Å². The first-order chi connectivity index (χ1) is 12.5. The largest absolute Gasteiger partial charge is 0.396 e. The Balaban J connectivity index is 1.85. The lowest BCUT2D eigenvalue weighted by Gasteiger charge is -2.46. The molecule has 2 fully saturated rings. The normalized spacial score (nSPS) is 33.1. The molecule has 26 heavy (non-hydrogen) atoms. The van der Waals surface area contributed by atoms with E-state index in [1.54, 1.807) is 0 Å². The van der Waals surface area contributed by atoms with E-state index < -0.39 is 18.0 Å². The molecular weight excluding hydrogens is 336 g/mol. The van der Waals surface area contributed by atoms with Crippen LogP contribution in [0, 0.1) is 5.92 Å². The van der Waals surface area contributed by atoms with Crippen molar-refractivity contribution in [1.82, 2.24) is 0 Å². The van der Waals surface area contributed by atoms with E-state index in [1.165, 1.54) is 0 Å². The molecule has 0 saturated carbocycles. The second-order valence-corrected chi connectivity index (χ2v) is 8.18. The monoisotopic (exact) mass is 374 g/mol. The highest BCUT2D eigenvalue weighted by molar-refractivity contribution is 4.86. The number of unbranched alkanes of at least 4 members (excludes halogenated alkanes) is 1. The summed E-state index contributed by atoms with van der Waals surface area (Å²) >= 11 is 0. The van der Waals surface area contributed by atoms with Crippen LogP contribution >= 0.6 is 0 Å². The van der Waals surface area contributed by atoms with Crippen molar-refractivity contribution < 1.29 is 29.9 Å². The number of rotatable bonds is 10. The Bertz CT molecular complexity index is 388. The summed E-state index contributed by atoms with van der Waals surface area (Å²) in [6.45, 7) is 2.08. The Hall–Kier alpha value is -0.240. The molecule has 2 aliphatic rings. The Morgan fingerprint density at radius 3 is 2.27 bits per heavy atom. The van der Waals surface area contributed by atoms with Gasteiger partial charge in [0.2, 0.25) is 0 Å². The van der Waals surface area contributed by atoms with Crippen molar-refractivity contribution in [3.05, 3.63) is 0 Å². The number of hydrogen-bond donors (Lipinski definition) is 4. The zero-order chi connectivity index (χ0) is 19.0. The van der Waals surface area contributed by atoms with Gasteiger partial charge in [0.25, 0.3) is 0 Å². The van der Waals surface area contributed by atoms with E-state index in [2.05, 4.69) is 0 Å². The molecule has 6 heteroatoms. The predicted molar refractivity (Wildman–Crippen MR) is 98.6 cm³/mol. The van der Waals surface area contributed by atoms with Crippen LogP contribution in [0.1, 0.15) is 77.6 Å². The second-order valence-electron chi connectivity index (χ2n) is 8.18. The average molecular weight is 375 g/mol. The lowest BCUT2D eigenvalue weighted by atomic mass is 9.88. The van der Waals surface area contributed by atoms with Gasteiger partial charge >= 0.3 is 0 Å². The third kappa shape index (κ3) is 6.43. The predicted octanol–water partition coefficient (Wildman–Crippen LogP) is 2.11. The maximum absolute atomic E-state index is 10.4. The van der Waals surface area contributed by atoms with Crippen LogP contribution < -0.4 is 0 Å². The standard InChI is InChI=1S/C20H38O6/c1-15(9-13-22)19(24)18(23)14-17-8-5-11-20(26-17)10-4-7-16(25-20)6-2-3-12-21/h15-19,21-24H,2-14H2,1H3/t15-,16-,17+,18+,19+,20+/m1/s1. The van der Waals surface area contributed by atoms with Crippen molar-refractivity contribution in [3.63, 3.8) is 0 Å². The number of hydrogen-bond acceptors (Lipinski definition) is 6. The van der Waals surface area contributed by atoms with Gasteiger partial charge in [0.15, 0.2) is 5.79 Å². The van der Waals surface area contributed by atoms with Crippen LogP contribution in [-0.4, -0.2) is 63.8 Å². The molecule has 0 bridgehead atoms. The zero-order valence-corrected chi connectivity index (χ0v) is 16.2. The van der Waals surface area contributed by atoms with Gasteiger partial charge in [-0.2, -0.15) is 0 Å². The van der Waals surface area contributed by atoms with E-state index in [-0.39, 0.29) is 31.3 Å². The molecule has 4 N–H and O–H groups in total. The minimum absolute atomic E-state index is 0.0134. The van der Waals surface area contributed by atoms with Crippen molar-refractivity contribution in [3.8, 4) is 0 Å². The summed E-state index contributed by atoms with van der Waals surface area (Å²) in [7, 11) is 0. The number of aliphatic hydroxyl groups is 4. The first kappa shape index (κ1) is 22.1. The SMILES string of the molecule is C[C@H](CCO)[C@H](O)[C@@H](O)C[C@@H]1CCC[C@]2(CCC[C@@H](CCCCO)O2)O1. The Morgan fingerprint density at radius 2 is 1.62 bits per heavy atom. The summed E-state index contributed by atoms with van der Waals surface area (Å²) in [4.78, 5) is 0. The lowest BCUT2D eigenvalue weighted by Crippen LogP contribution is -2.49. The van der Waals surface area contributed by atoms with Crippen molar-refractivity contribution in [2.45, 2.75) is 108 Å². The lowest BCUT2D eigenvalue weighted by molar-refractivity contribution is -0.318. The van der Waals surface area contributed by atoms with Crippen molar-refractivity contribution in [2.75, 3.05) is 13.2 Å². The molecule has 2 rings (SSSR count). The van der Waals surface area contributed by atoms with Crippen LogP contribution in [-0.2, 0) is 9.47 Å². The van der Waals surface area contributed by atoms with E-state index in [0.717, 1.165) is 57.8 Å². The first-order valence-corrected chi connectivity index (χ1v) is 10.4. The fourth-order valence-electron chi connectivity index (χ4n) is 4.33. The van der Waals surface area contributed by atoms with E-state index in [0.29, 0.717) is 12.8 Å². The van der Waals surface area contributed by atoms with Crippen LogP contribution in [0.15, 0.2) is 0 Å². The zero-order valence-electron chi connectivity index (χ0n) is 16.2. The van der Waals surface area contributed by atoms with E-state index >= 15 is 0 Å². The van der Waals surface area contributed by atoms with Crippen molar-refractivity contribution in [2.24, 2.45) is 5.92 Å². The van der Waals surface area contributed by atoms with Crippen molar-refractivity contribution in [1.29, 1.82) is 0 Å². The molecule has 0 amide bonds. The highest BCUT2D eigenvalue weighted by Gasteiger charge is 2.43. The summed E-state index contributed by atoms with van der Waals surface area (Å²) in [6.07, 6.45) is 7.78. The smallest absolute Gasteiger partial charge is 0.169 e. The van der Waals surface area contributed by atoms with E-state index in [4.69, 9.17) is 19.7 Å². The molecule has 0 aromatic rings. The number of aliphatic hydroxyl groups excluding tert-OH is 4. The minimum Gasteiger partial charge on any atom is -0.396 e. The molecule has 2 saturated heterocycles. The summed E-state index contributed by atoms with van der Waals surface area (Å²) in [6, 6.07) is 0. The van der Waals surface area contributed by atoms with Gasteiger partial charge in [0.1, 0.15) is 0 Å². The Labute approximate surface area is 157 Å². The topological polar surface area (TPSA) is 99.4 Å². The van der Waals surface area contributed by atoms with Crippen LogP contribution in [0.4, 0.5) is 0 Å². The Morgan fingerprint density at radius 1 is 0.962 bits per heavy atom. The van der Waals surface area contributed by atoms with Gasteiger partial charge in [-0.1, -0.05) is 6.92 Å². The van der Waals surface area contributed by atoms with Crippen molar-refractivity contribution >= 4 is 0 Å². The quantitative estimate of drug-likeness (QED) is 0.437. The first-order valence-electron chi connectivity index (χ1n) is 10.4. The molecular formula is C20H38O6. The summed E-state index contributed by atoms with van der Waals surface area (Å²) in [5.41, 5.74) is 0. The fraction of sp³-hybridized carbons (Fsp3) is 1.00. The summed E-state index contributed by atoms with van der Waals surface area (Å²) in [5, 5.41) is 38.6. The maximum Gasteiger partial charge on any atom is 0.169 e. The van der Waals surface area contributed by atoms with Crippen LogP contribution in [0.25, 0.3) is 0 Å². The molecule has 154 valence electrons. The van der Waals surface area contributed by atoms with Gasteiger partial charge < -0.3 is 29.9 Å². The molecule has 6 nitrogen and oxygen atoms in total. The van der Waals surface area contributed by atoms with Gasteiger partial charge in [0, 0.05) is 32.5 Å². The van der Waals surface area contributed by atoms with Gasteiger partial charge in [-0.3, -0.25) is 0 Å². The molecule has 0 unspecified atom stereocenters. The van der Waals surface area contributed by atoms with E-state index in [9.17, 15) is 10.2 Å². The number of ether oxygens (including phenoxy) is 2. The second kappa shape index (κ2) is 10.9.